The molecule has 0 aliphatic heterocycles. The zero-order valence-corrected chi connectivity index (χ0v) is 32.5. The van der Waals surface area contributed by atoms with Gasteiger partial charge in [0.25, 0.3) is 0 Å². The summed E-state index contributed by atoms with van der Waals surface area (Å²) in [6.07, 6.45) is -0.0489. The molecule has 2 aromatic carbocycles. The first kappa shape index (κ1) is 43.8. The zero-order valence-electron chi connectivity index (χ0n) is 29.7. The predicted molar refractivity (Wildman–Crippen MR) is 177 cm³/mol. The summed E-state index contributed by atoms with van der Waals surface area (Å²) in [5.74, 6) is 0.564. The Balaban J connectivity index is 0.000000842. The van der Waals surface area contributed by atoms with E-state index in [9.17, 15) is 29.1 Å². The van der Waals surface area contributed by atoms with Crippen LogP contribution in [0.25, 0.3) is 0 Å². The van der Waals surface area contributed by atoms with Gasteiger partial charge in [0.2, 0.25) is 0 Å². The van der Waals surface area contributed by atoms with Crippen LogP contribution in [0, 0.1) is 0 Å². The van der Waals surface area contributed by atoms with Crippen molar-refractivity contribution in [1.82, 2.24) is 0 Å². The van der Waals surface area contributed by atoms with Crippen LogP contribution < -0.4 is 9.79 Å². The van der Waals surface area contributed by atoms with Gasteiger partial charge in [-0.1, -0.05) is 96.9 Å². The monoisotopic (exact) mass is 712 g/mol. The maximum absolute atomic E-state index is 11.6. The fourth-order valence-electron chi connectivity index (χ4n) is 4.37. The van der Waals surface area contributed by atoms with Crippen molar-refractivity contribution in [2.75, 3.05) is 12.3 Å². The second-order valence-electron chi connectivity index (χ2n) is 15.5. The number of rotatable bonds is 8. The Bertz CT molecular complexity index is 1200. The molecule has 0 aromatic heterocycles. The molecule has 0 saturated carbocycles. The normalized spacial score (nSPS) is 15.3. The average Bonchev–Trinajstić information content (AvgIpc) is 2.85. The van der Waals surface area contributed by atoms with Crippen molar-refractivity contribution in [3.05, 3.63) is 57.6 Å². The van der Waals surface area contributed by atoms with E-state index in [-0.39, 0.29) is 75.2 Å². The van der Waals surface area contributed by atoms with Crippen LogP contribution in [-0.2, 0) is 69.5 Å². The predicted octanol–water partition coefficient (Wildman–Crippen LogP) is 8.15. The SMILES string of the molecule is CCP(=O)([O-])OCc1cc(C(C)(C)C)c(O)c(C(C)(C)C)c1.CCP(=O)([O-])OCc1cc(C(C)(C)C)c(O)c(C(C)(C)C)c1.[Ni+2]. The van der Waals surface area contributed by atoms with E-state index in [1.165, 1.54) is 0 Å². The number of hydrogen-bond acceptors (Lipinski definition) is 8. The Kier molecular flexibility index (Phi) is 15.4. The molecule has 0 saturated heterocycles. The molecular formula is C34H56NiO8P2. The number of phenols is 2. The topological polar surface area (TPSA) is 139 Å². The van der Waals surface area contributed by atoms with Crippen LogP contribution in [0.5, 0.6) is 11.5 Å². The van der Waals surface area contributed by atoms with E-state index >= 15 is 0 Å². The quantitative estimate of drug-likeness (QED) is 0.207. The van der Waals surface area contributed by atoms with Crippen LogP contribution in [0.15, 0.2) is 24.3 Å². The van der Waals surface area contributed by atoms with Crippen LogP contribution in [0.2, 0.25) is 0 Å². The van der Waals surface area contributed by atoms with Gasteiger partial charge in [-0.25, -0.2) is 0 Å². The summed E-state index contributed by atoms with van der Waals surface area (Å²) in [6.45, 7) is 27.3. The summed E-state index contributed by atoms with van der Waals surface area (Å²) >= 11 is 0. The molecule has 2 atom stereocenters. The van der Waals surface area contributed by atoms with Gasteiger partial charge in [-0.05, 0) is 79.3 Å². The molecule has 0 spiro atoms. The summed E-state index contributed by atoms with van der Waals surface area (Å²) in [7, 11) is -7.55. The fraction of sp³-hybridized carbons (Fsp3) is 0.647. The Hall–Kier alpha value is -1.17. The van der Waals surface area contributed by atoms with Gasteiger partial charge in [0.15, 0.2) is 0 Å². The number of hydrogen-bond donors (Lipinski definition) is 2. The third-order valence-corrected chi connectivity index (χ3v) is 9.80. The van der Waals surface area contributed by atoms with Crippen molar-refractivity contribution in [1.29, 1.82) is 0 Å². The minimum absolute atomic E-state index is 0. The summed E-state index contributed by atoms with van der Waals surface area (Å²) in [5, 5.41) is 21.2. The van der Waals surface area contributed by atoms with Crippen LogP contribution in [0.4, 0.5) is 0 Å². The summed E-state index contributed by atoms with van der Waals surface area (Å²) in [6, 6.07) is 7.33. The Morgan fingerprint density at radius 2 is 0.756 bits per heavy atom. The third-order valence-electron chi connectivity index (χ3n) is 7.20. The molecule has 2 unspecified atom stereocenters. The van der Waals surface area contributed by atoms with Gasteiger partial charge >= 0.3 is 16.5 Å². The van der Waals surface area contributed by atoms with E-state index in [0.29, 0.717) is 0 Å². The molecule has 0 fully saturated rings. The van der Waals surface area contributed by atoms with Crippen LogP contribution in [0.3, 0.4) is 0 Å². The van der Waals surface area contributed by atoms with Crippen molar-refractivity contribution >= 4 is 15.2 Å². The minimum Gasteiger partial charge on any atom is -0.778 e. The van der Waals surface area contributed by atoms with Crippen molar-refractivity contribution in [3.63, 3.8) is 0 Å². The molecule has 260 valence electrons. The Labute approximate surface area is 282 Å². The second kappa shape index (κ2) is 15.8. The number of aromatic hydroxyl groups is 2. The molecular weight excluding hydrogens is 657 g/mol. The summed E-state index contributed by atoms with van der Waals surface area (Å²) in [4.78, 5) is 23.1. The van der Waals surface area contributed by atoms with Crippen molar-refractivity contribution in [2.45, 2.75) is 132 Å². The first-order valence-corrected chi connectivity index (χ1v) is 18.6. The van der Waals surface area contributed by atoms with Crippen LogP contribution >= 0.6 is 15.2 Å². The average molecular weight is 713 g/mol. The summed E-state index contributed by atoms with van der Waals surface area (Å²) < 4.78 is 33.2. The van der Waals surface area contributed by atoms with Gasteiger partial charge in [0, 0.05) is 12.3 Å². The van der Waals surface area contributed by atoms with E-state index < -0.39 is 15.2 Å². The maximum Gasteiger partial charge on any atom is 2.00 e. The molecule has 0 amide bonds. The van der Waals surface area contributed by atoms with Gasteiger partial charge in [-0.2, -0.15) is 0 Å². The van der Waals surface area contributed by atoms with Gasteiger partial charge in [0.05, 0.1) is 13.2 Å². The fourth-order valence-corrected chi connectivity index (χ4v) is 5.43. The van der Waals surface area contributed by atoms with E-state index in [1.807, 2.05) is 107 Å². The number of benzene rings is 2. The maximum atomic E-state index is 11.6. The Morgan fingerprint density at radius 3 is 0.911 bits per heavy atom. The van der Waals surface area contributed by atoms with Crippen LogP contribution in [0.1, 0.15) is 130 Å². The standard InChI is InChI=1S/2C17H29O4P.Ni/c2*1-8-22(19,20)21-11-12-9-13(16(2,3)4)15(18)14(10-12)17(5,6)7;/h2*9-10,18H,8,11H2,1-7H3,(H,19,20);/q;;+2/p-2. The van der Waals surface area contributed by atoms with Gasteiger partial charge in [-0.3, -0.25) is 0 Å². The molecule has 2 aromatic rings. The molecule has 8 nitrogen and oxygen atoms in total. The first-order chi connectivity index (χ1) is 19.6. The molecule has 0 bridgehead atoms. The largest absolute Gasteiger partial charge is 2.00 e. The van der Waals surface area contributed by atoms with E-state index in [2.05, 4.69) is 0 Å². The van der Waals surface area contributed by atoms with Crippen molar-refractivity contribution < 1.29 is 54.7 Å². The molecule has 2 rings (SSSR count). The zero-order chi connectivity index (χ0) is 34.7. The number of phenolic OH excluding ortho intramolecular Hbond substituents is 2. The molecule has 0 aliphatic rings. The molecule has 11 heteroatoms. The van der Waals surface area contributed by atoms with Gasteiger partial charge in [-0.15, -0.1) is 0 Å². The van der Waals surface area contributed by atoms with E-state index in [1.54, 1.807) is 13.8 Å². The molecule has 0 radical (unpaired) electrons. The van der Waals surface area contributed by atoms with Crippen molar-refractivity contribution in [3.8, 4) is 11.5 Å². The van der Waals surface area contributed by atoms with Crippen LogP contribution in [-0.4, -0.2) is 22.5 Å². The Morgan fingerprint density at radius 1 is 0.556 bits per heavy atom. The van der Waals surface area contributed by atoms with E-state index in [4.69, 9.17) is 9.05 Å². The van der Waals surface area contributed by atoms with E-state index in [0.717, 1.165) is 33.4 Å². The second-order valence-corrected chi connectivity index (χ2v) is 19.7. The van der Waals surface area contributed by atoms with Gasteiger partial charge < -0.3 is 38.2 Å². The van der Waals surface area contributed by atoms with Gasteiger partial charge in [0.1, 0.15) is 26.7 Å². The summed E-state index contributed by atoms with van der Waals surface area (Å²) in [5.41, 5.74) is 3.75. The minimum atomic E-state index is -3.77. The third kappa shape index (κ3) is 13.5. The first-order valence-electron chi connectivity index (χ1n) is 15.2. The smallest absolute Gasteiger partial charge is 0.778 e. The molecule has 0 heterocycles. The molecule has 0 aliphatic carbocycles. The molecule has 2 N–H and O–H groups in total. The van der Waals surface area contributed by atoms with Crippen molar-refractivity contribution in [2.24, 2.45) is 0 Å². The molecule has 45 heavy (non-hydrogen) atoms.